The van der Waals surface area contributed by atoms with E-state index < -0.39 is 0 Å². The fourth-order valence-electron chi connectivity index (χ4n) is 4.39. The topological polar surface area (TPSA) is 32.8 Å². The molecule has 0 bridgehead atoms. The SMILES string of the molecule is CCCCCCCCCCCCC1OC1CCCCCCCCCCCCO. The molecular formula is C26H52O2. The van der Waals surface area contributed by atoms with Crippen molar-refractivity contribution >= 4 is 0 Å². The van der Waals surface area contributed by atoms with Crippen LogP contribution in [0.5, 0.6) is 0 Å². The normalized spacial score (nSPS) is 18.6. The smallest absolute Gasteiger partial charge is 0.0841 e. The summed E-state index contributed by atoms with van der Waals surface area (Å²) in [6, 6.07) is 0. The standard InChI is InChI=1S/C26H52O2/c1-2-3-4-5-6-7-10-13-16-19-22-25-26(28-25)23-20-17-14-11-8-9-12-15-18-21-24-27/h25-27H,2-24H2,1H3. The lowest BCUT2D eigenvalue weighted by molar-refractivity contribution is 0.282. The average molecular weight is 397 g/mol. The third kappa shape index (κ3) is 16.8. The Hall–Kier alpha value is -0.0800. The van der Waals surface area contributed by atoms with E-state index in [0.717, 1.165) is 6.42 Å². The predicted octanol–water partition coefficient (Wildman–Crippen LogP) is 8.35. The number of aliphatic hydroxyl groups excluding tert-OH is 1. The molecule has 0 aromatic rings. The van der Waals surface area contributed by atoms with Gasteiger partial charge < -0.3 is 9.84 Å². The minimum atomic E-state index is 0.366. The molecule has 0 aromatic carbocycles. The first-order valence-corrected chi connectivity index (χ1v) is 13.1. The first-order valence-electron chi connectivity index (χ1n) is 13.1. The number of hydrogen-bond donors (Lipinski definition) is 1. The zero-order valence-corrected chi connectivity index (χ0v) is 19.3. The van der Waals surface area contributed by atoms with E-state index in [-0.39, 0.29) is 0 Å². The Balaban J connectivity index is 1.70. The molecule has 2 atom stereocenters. The Morgan fingerprint density at radius 2 is 0.786 bits per heavy atom. The lowest BCUT2D eigenvalue weighted by Gasteiger charge is -2.02. The van der Waals surface area contributed by atoms with E-state index in [1.54, 1.807) is 0 Å². The van der Waals surface area contributed by atoms with E-state index in [4.69, 9.17) is 9.84 Å². The third-order valence-electron chi connectivity index (χ3n) is 6.43. The summed E-state index contributed by atoms with van der Waals surface area (Å²) in [6.45, 7) is 2.66. The molecule has 1 rings (SSSR count). The summed E-state index contributed by atoms with van der Waals surface area (Å²) in [4.78, 5) is 0. The van der Waals surface area contributed by atoms with E-state index in [1.807, 2.05) is 0 Å². The van der Waals surface area contributed by atoms with Crippen LogP contribution in [0, 0.1) is 0 Å². The van der Waals surface area contributed by atoms with Gasteiger partial charge in [0, 0.05) is 6.61 Å². The van der Waals surface area contributed by atoms with Crippen LogP contribution in [-0.4, -0.2) is 23.9 Å². The van der Waals surface area contributed by atoms with Crippen LogP contribution < -0.4 is 0 Å². The monoisotopic (exact) mass is 396 g/mol. The van der Waals surface area contributed by atoms with Crippen LogP contribution in [0.2, 0.25) is 0 Å². The van der Waals surface area contributed by atoms with Crippen LogP contribution in [0.3, 0.4) is 0 Å². The lowest BCUT2D eigenvalue weighted by Crippen LogP contribution is -1.95. The van der Waals surface area contributed by atoms with Gasteiger partial charge in [-0.2, -0.15) is 0 Å². The van der Waals surface area contributed by atoms with Crippen LogP contribution in [0.15, 0.2) is 0 Å². The van der Waals surface area contributed by atoms with Crippen molar-refractivity contribution < 1.29 is 9.84 Å². The molecule has 0 aromatic heterocycles. The van der Waals surface area contributed by atoms with Gasteiger partial charge in [-0.15, -0.1) is 0 Å². The maximum atomic E-state index is 8.75. The Kier molecular flexibility index (Phi) is 18.7. The number of epoxide rings is 1. The Bertz CT molecular complexity index is 305. The van der Waals surface area contributed by atoms with Crippen LogP contribution in [0.25, 0.3) is 0 Å². The summed E-state index contributed by atoms with van der Waals surface area (Å²) in [5.74, 6) is 0. The molecule has 168 valence electrons. The molecule has 0 saturated carbocycles. The predicted molar refractivity (Wildman–Crippen MR) is 123 cm³/mol. The van der Waals surface area contributed by atoms with Gasteiger partial charge in [0.2, 0.25) is 0 Å². The molecule has 28 heavy (non-hydrogen) atoms. The summed E-state index contributed by atoms with van der Waals surface area (Å²) >= 11 is 0. The summed E-state index contributed by atoms with van der Waals surface area (Å²) in [5, 5.41) is 8.75. The second-order valence-electron chi connectivity index (χ2n) is 9.23. The van der Waals surface area contributed by atoms with E-state index >= 15 is 0 Å². The molecule has 1 aliphatic heterocycles. The van der Waals surface area contributed by atoms with Crippen molar-refractivity contribution in [1.29, 1.82) is 0 Å². The molecule has 2 unspecified atom stereocenters. The minimum Gasteiger partial charge on any atom is -0.396 e. The quantitative estimate of drug-likeness (QED) is 0.139. The molecular weight excluding hydrogens is 344 g/mol. The Morgan fingerprint density at radius 3 is 1.14 bits per heavy atom. The number of hydrogen-bond acceptors (Lipinski definition) is 2. The van der Waals surface area contributed by atoms with Crippen molar-refractivity contribution in [2.24, 2.45) is 0 Å². The van der Waals surface area contributed by atoms with Crippen LogP contribution in [-0.2, 0) is 4.74 Å². The number of ether oxygens (including phenoxy) is 1. The minimum absolute atomic E-state index is 0.366. The average Bonchev–Trinajstić information content (AvgIpc) is 3.45. The fraction of sp³-hybridized carbons (Fsp3) is 1.00. The van der Waals surface area contributed by atoms with Gasteiger partial charge in [-0.3, -0.25) is 0 Å². The summed E-state index contributed by atoms with van der Waals surface area (Å²) in [6.07, 6.45) is 31.4. The first-order chi connectivity index (χ1) is 13.9. The highest BCUT2D eigenvalue weighted by atomic mass is 16.6. The molecule has 0 amide bonds. The molecule has 0 spiro atoms. The van der Waals surface area contributed by atoms with Gasteiger partial charge in [0.1, 0.15) is 0 Å². The van der Waals surface area contributed by atoms with Crippen molar-refractivity contribution in [2.45, 2.75) is 160 Å². The lowest BCUT2D eigenvalue weighted by atomic mass is 10.0. The molecule has 1 saturated heterocycles. The van der Waals surface area contributed by atoms with Gasteiger partial charge in [0.15, 0.2) is 0 Å². The van der Waals surface area contributed by atoms with Crippen LogP contribution >= 0.6 is 0 Å². The second kappa shape index (κ2) is 20.2. The third-order valence-corrected chi connectivity index (χ3v) is 6.43. The summed E-state index contributed by atoms with van der Waals surface area (Å²) in [7, 11) is 0. The number of rotatable bonds is 23. The van der Waals surface area contributed by atoms with Crippen molar-refractivity contribution in [3.63, 3.8) is 0 Å². The second-order valence-corrected chi connectivity index (χ2v) is 9.23. The van der Waals surface area contributed by atoms with Gasteiger partial charge in [0.05, 0.1) is 12.2 Å². The summed E-state index contributed by atoms with van der Waals surface area (Å²) in [5.41, 5.74) is 0. The van der Waals surface area contributed by atoms with E-state index in [2.05, 4.69) is 6.92 Å². The van der Waals surface area contributed by atoms with Crippen molar-refractivity contribution in [3.8, 4) is 0 Å². The van der Waals surface area contributed by atoms with E-state index in [9.17, 15) is 0 Å². The zero-order chi connectivity index (χ0) is 20.1. The van der Waals surface area contributed by atoms with Crippen LogP contribution in [0.1, 0.15) is 148 Å². The molecule has 0 radical (unpaired) electrons. The highest BCUT2D eigenvalue weighted by Crippen LogP contribution is 2.31. The number of aliphatic hydroxyl groups is 1. The van der Waals surface area contributed by atoms with E-state index in [1.165, 1.54) is 135 Å². The largest absolute Gasteiger partial charge is 0.396 e. The van der Waals surface area contributed by atoms with Gasteiger partial charge in [-0.1, -0.05) is 129 Å². The molecule has 2 nitrogen and oxygen atoms in total. The highest BCUT2D eigenvalue weighted by Gasteiger charge is 2.36. The molecule has 1 aliphatic rings. The molecule has 2 heteroatoms. The number of unbranched alkanes of at least 4 members (excludes halogenated alkanes) is 18. The van der Waals surface area contributed by atoms with Crippen molar-refractivity contribution in [2.75, 3.05) is 6.61 Å². The van der Waals surface area contributed by atoms with Crippen molar-refractivity contribution in [3.05, 3.63) is 0 Å². The van der Waals surface area contributed by atoms with Gasteiger partial charge >= 0.3 is 0 Å². The molecule has 0 aliphatic carbocycles. The molecule has 1 fully saturated rings. The Morgan fingerprint density at radius 1 is 0.464 bits per heavy atom. The highest BCUT2D eigenvalue weighted by molar-refractivity contribution is 4.84. The summed E-state index contributed by atoms with van der Waals surface area (Å²) < 4.78 is 5.87. The molecule has 1 N–H and O–H groups in total. The van der Waals surface area contributed by atoms with Gasteiger partial charge in [-0.05, 0) is 19.3 Å². The zero-order valence-electron chi connectivity index (χ0n) is 19.3. The maximum Gasteiger partial charge on any atom is 0.0841 e. The van der Waals surface area contributed by atoms with E-state index in [0.29, 0.717) is 18.8 Å². The van der Waals surface area contributed by atoms with Gasteiger partial charge in [0.25, 0.3) is 0 Å². The Labute approximate surface area is 177 Å². The first kappa shape index (κ1) is 26.0. The maximum absolute atomic E-state index is 8.75. The van der Waals surface area contributed by atoms with Crippen LogP contribution in [0.4, 0.5) is 0 Å². The van der Waals surface area contributed by atoms with Gasteiger partial charge in [-0.25, -0.2) is 0 Å². The fourth-order valence-corrected chi connectivity index (χ4v) is 4.39. The van der Waals surface area contributed by atoms with Crippen molar-refractivity contribution in [1.82, 2.24) is 0 Å². The molecule has 1 heterocycles.